The number of aliphatic hydroxyl groups is 2. The lowest BCUT2D eigenvalue weighted by Gasteiger charge is -2.19. The van der Waals surface area contributed by atoms with Crippen LogP contribution in [0.4, 0.5) is 11.4 Å². The van der Waals surface area contributed by atoms with Crippen molar-refractivity contribution in [3.63, 3.8) is 0 Å². The first-order valence-corrected chi connectivity index (χ1v) is 5.59. The number of carbonyl (C=O) groups excluding carboxylic acids is 1. The predicted molar refractivity (Wildman–Crippen MR) is 70.6 cm³/mol. The fraction of sp³-hybridized carbons (Fsp3) is 0.417. The number of amides is 1. The van der Waals surface area contributed by atoms with E-state index in [-0.39, 0.29) is 19.1 Å². The molecule has 1 amide bonds. The number of hydrogen-bond donors (Lipinski definition) is 4. The third kappa shape index (κ3) is 3.35. The number of aliphatic hydroxyl groups excluding tert-OH is 2. The third-order valence-electron chi connectivity index (χ3n) is 2.52. The molecule has 1 aromatic rings. The SMILES string of the molecule is CN(C)c1ccc(N)cc1C(=O)NC(CO)CO. The summed E-state index contributed by atoms with van der Waals surface area (Å²) in [5.41, 5.74) is 7.27. The van der Waals surface area contributed by atoms with E-state index in [1.54, 1.807) is 23.1 Å². The first-order chi connectivity index (χ1) is 8.49. The highest BCUT2D eigenvalue weighted by atomic mass is 16.3. The quantitative estimate of drug-likeness (QED) is 0.526. The van der Waals surface area contributed by atoms with Crippen LogP contribution in [0.5, 0.6) is 0 Å². The zero-order valence-corrected chi connectivity index (χ0v) is 10.6. The van der Waals surface area contributed by atoms with Gasteiger partial charge in [0.1, 0.15) is 0 Å². The summed E-state index contributed by atoms with van der Waals surface area (Å²) in [4.78, 5) is 13.8. The number of anilines is 2. The van der Waals surface area contributed by atoms with E-state index >= 15 is 0 Å². The molecule has 5 N–H and O–H groups in total. The van der Waals surface area contributed by atoms with Crippen molar-refractivity contribution in [2.24, 2.45) is 0 Å². The van der Waals surface area contributed by atoms with Gasteiger partial charge in [0.05, 0.1) is 24.8 Å². The van der Waals surface area contributed by atoms with Crippen LogP contribution in [-0.4, -0.2) is 49.5 Å². The van der Waals surface area contributed by atoms with Crippen molar-refractivity contribution in [3.8, 4) is 0 Å². The van der Waals surface area contributed by atoms with Crippen molar-refractivity contribution in [3.05, 3.63) is 23.8 Å². The summed E-state index contributed by atoms with van der Waals surface area (Å²) in [5.74, 6) is -0.376. The lowest BCUT2D eigenvalue weighted by Crippen LogP contribution is -2.40. The fourth-order valence-corrected chi connectivity index (χ4v) is 1.54. The van der Waals surface area contributed by atoms with Crippen molar-refractivity contribution in [2.45, 2.75) is 6.04 Å². The largest absolute Gasteiger partial charge is 0.399 e. The Morgan fingerprint density at radius 1 is 1.39 bits per heavy atom. The Balaban J connectivity index is 3.00. The second-order valence-corrected chi connectivity index (χ2v) is 4.21. The Bertz CT molecular complexity index is 417. The van der Waals surface area contributed by atoms with E-state index in [4.69, 9.17) is 15.9 Å². The van der Waals surface area contributed by atoms with Gasteiger partial charge in [-0.3, -0.25) is 4.79 Å². The van der Waals surface area contributed by atoms with Crippen molar-refractivity contribution < 1.29 is 15.0 Å². The predicted octanol–water partition coefficient (Wildman–Crippen LogP) is -0.582. The zero-order chi connectivity index (χ0) is 13.7. The van der Waals surface area contributed by atoms with Gasteiger partial charge in [-0.05, 0) is 18.2 Å². The Morgan fingerprint density at radius 2 is 2.00 bits per heavy atom. The van der Waals surface area contributed by atoms with Crippen LogP contribution in [0, 0.1) is 0 Å². The lowest BCUT2D eigenvalue weighted by molar-refractivity contribution is 0.0880. The summed E-state index contributed by atoms with van der Waals surface area (Å²) < 4.78 is 0. The maximum atomic E-state index is 12.0. The summed E-state index contributed by atoms with van der Waals surface area (Å²) in [6, 6.07) is 4.35. The number of hydrogen-bond acceptors (Lipinski definition) is 5. The van der Waals surface area contributed by atoms with E-state index in [0.717, 1.165) is 5.69 Å². The van der Waals surface area contributed by atoms with Crippen LogP contribution >= 0.6 is 0 Å². The van der Waals surface area contributed by atoms with E-state index in [2.05, 4.69) is 5.32 Å². The number of benzene rings is 1. The van der Waals surface area contributed by atoms with Gasteiger partial charge in [-0.2, -0.15) is 0 Å². The lowest BCUT2D eigenvalue weighted by atomic mass is 10.1. The van der Waals surface area contributed by atoms with E-state index in [9.17, 15) is 4.79 Å². The molecule has 0 aliphatic heterocycles. The van der Waals surface area contributed by atoms with E-state index in [1.165, 1.54) is 0 Å². The first kappa shape index (κ1) is 14.3. The number of nitrogens with one attached hydrogen (secondary N) is 1. The smallest absolute Gasteiger partial charge is 0.253 e. The average Bonchev–Trinajstić information content (AvgIpc) is 2.35. The summed E-state index contributed by atoms with van der Waals surface area (Å²) in [5, 5.41) is 20.4. The Kier molecular flexibility index (Phi) is 4.94. The normalized spacial score (nSPS) is 10.5. The maximum absolute atomic E-state index is 12.0. The van der Waals surface area contributed by atoms with Gasteiger partial charge in [0.2, 0.25) is 0 Å². The topological polar surface area (TPSA) is 98.8 Å². The number of nitrogen functional groups attached to an aromatic ring is 1. The minimum absolute atomic E-state index is 0.318. The minimum atomic E-state index is -0.672. The van der Waals surface area contributed by atoms with Gasteiger partial charge in [-0.15, -0.1) is 0 Å². The van der Waals surface area contributed by atoms with Crippen molar-refractivity contribution in [1.82, 2.24) is 5.32 Å². The van der Waals surface area contributed by atoms with Crippen LogP contribution in [-0.2, 0) is 0 Å². The summed E-state index contributed by atoms with van der Waals surface area (Å²) in [6.07, 6.45) is 0. The van der Waals surface area contributed by atoms with Gasteiger partial charge in [-0.1, -0.05) is 0 Å². The zero-order valence-electron chi connectivity index (χ0n) is 10.6. The van der Waals surface area contributed by atoms with E-state index < -0.39 is 6.04 Å². The second kappa shape index (κ2) is 6.23. The molecular weight excluding hydrogens is 234 g/mol. The molecular formula is C12H19N3O3. The molecule has 0 aromatic heterocycles. The molecule has 1 rings (SSSR count). The standard InChI is InChI=1S/C12H19N3O3/c1-15(2)11-4-3-8(13)5-10(11)12(18)14-9(6-16)7-17/h3-5,9,16-17H,6-7,13H2,1-2H3,(H,14,18). The second-order valence-electron chi connectivity index (χ2n) is 4.21. The van der Waals surface area contributed by atoms with Gasteiger partial charge in [0, 0.05) is 25.5 Å². The third-order valence-corrected chi connectivity index (χ3v) is 2.52. The molecule has 6 nitrogen and oxygen atoms in total. The molecule has 0 saturated heterocycles. The summed E-state index contributed by atoms with van der Waals surface area (Å²) >= 11 is 0. The fourth-order valence-electron chi connectivity index (χ4n) is 1.54. The van der Waals surface area contributed by atoms with E-state index in [1.807, 2.05) is 14.1 Å². The number of carbonyl (C=O) groups is 1. The Labute approximate surface area is 106 Å². The molecule has 0 radical (unpaired) electrons. The van der Waals surface area contributed by atoms with Gasteiger partial charge in [0.15, 0.2) is 0 Å². The number of nitrogens with two attached hydrogens (primary N) is 1. The molecule has 0 fully saturated rings. The maximum Gasteiger partial charge on any atom is 0.253 e. The van der Waals surface area contributed by atoms with Gasteiger partial charge >= 0.3 is 0 Å². The molecule has 0 atom stereocenters. The Hall–Kier alpha value is -1.79. The minimum Gasteiger partial charge on any atom is -0.399 e. The molecule has 0 heterocycles. The highest BCUT2D eigenvalue weighted by molar-refractivity contribution is 6.00. The first-order valence-electron chi connectivity index (χ1n) is 5.59. The van der Waals surface area contributed by atoms with Crippen molar-refractivity contribution in [2.75, 3.05) is 37.9 Å². The van der Waals surface area contributed by atoms with Crippen LogP contribution < -0.4 is 16.0 Å². The number of nitrogens with zero attached hydrogens (tertiary/aromatic N) is 1. The molecule has 0 bridgehead atoms. The van der Waals surface area contributed by atoms with Crippen LogP contribution in [0.2, 0.25) is 0 Å². The molecule has 1 aromatic carbocycles. The van der Waals surface area contributed by atoms with Crippen LogP contribution in [0.15, 0.2) is 18.2 Å². The Morgan fingerprint density at radius 3 is 2.50 bits per heavy atom. The molecule has 0 aliphatic carbocycles. The van der Waals surface area contributed by atoms with Gasteiger partial charge < -0.3 is 26.2 Å². The summed E-state index contributed by atoms with van der Waals surface area (Å²) in [7, 11) is 3.63. The van der Waals surface area contributed by atoms with Gasteiger partial charge in [0.25, 0.3) is 5.91 Å². The molecule has 0 unspecified atom stereocenters. The molecule has 0 aliphatic rings. The van der Waals surface area contributed by atoms with Crippen LogP contribution in [0.1, 0.15) is 10.4 Å². The monoisotopic (exact) mass is 253 g/mol. The summed E-state index contributed by atoms with van der Waals surface area (Å²) in [6.45, 7) is -0.635. The van der Waals surface area contributed by atoms with E-state index in [0.29, 0.717) is 11.3 Å². The van der Waals surface area contributed by atoms with Crippen molar-refractivity contribution in [1.29, 1.82) is 0 Å². The van der Waals surface area contributed by atoms with Gasteiger partial charge in [-0.25, -0.2) is 0 Å². The van der Waals surface area contributed by atoms with Crippen LogP contribution in [0.3, 0.4) is 0 Å². The molecule has 100 valence electrons. The van der Waals surface area contributed by atoms with Crippen LogP contribution in [0.25, 0.3) is 0 Å². The van der Waals surface area contributed by atoms with Crippen molar-refractivity contribution >= 4 is 17.3 Å². The highest BCUT2D eigenvalue weighted by Gasteiger charge is 2.16. The highest BCUT2D eigenvalue weighted by Crippen LogP contribution is 2.21. The number of rotatable bonds is 5. The average molecular weight is 253 g/mol. The molecule has 18 heavy (non-hydrogen) atoms. The molecule has 0 saturated carbocycles. The molecule has 6 heteroatoms. The molecule has 0 spiro atoms.